The summed E-state index contributed by atoms with van der Waals surface area (Å²) >= 11 is 0. The van der Waals surface area contributed by atoms with Gasteiger partial charge in [-0.2, -0.15) is 5.26 Å². The van der Waals surface area contributed by atoms with E-state index < -0.39 is 5.97 Å². The van der Waals surface area contributed by atoms with Crippen LogP contribution in [0.1, 0.15) is 46.0 Å². The van der Waals surface area contributed by atoms with Crippen LogP contribution in [-0.2, 0) is 14.3 Å². The summed E-state index contributed by atoms with van der Waals surface area (Å²) in [4.78, 5) is 25.2. The van der Waals surface area contributed by atoms with Crippen LogP contribution in [0.2, 0.25) is 0 Å². The van der Waals surface area contributed by atoms with Crippen molar-refractivity contribution in [1.82, 2.24) is 0 Å². The first kappa shape index (κ1) is 20.5. The maximum atomic E-state index is 12.3. The predicted molar refractivity (Wildman–Crippen MR) is 95.3 cm³/mol. The van der Waals surface area contributed by atoms with Crippen molar-refractivity contribution in [2.75, 3.05) is 24.7 Å². The van der Waals surface area contributed by atoms with Gasteiger partial charge in [0.1, 0.15) is 12.3 Å². The maximum absolute atomic E-state index is 12.3. The fourth-order valence-electron chi connectivity index (χ4n) is 2.08. The lowest BCUT2D eigenvalue weighted by Crippen LogP contribution is -2.31. The minimum atomic E-state index is -0.397. The predicted octanol–water partition coefficient (Wildman–Crippen LogP) is 3.46. The van der Waals surface area contributed by atoms with Crippen molar-refractivity contribution in [3.05, 3.63) is 24.3 Å². The molecule has 1 rings (SSSR count). The molecule has 1 amide bonds. The highest BCUT2D eigenvalue weighted by Gasteiger charge is 2.17. The number of hydrogen-bond donors (Lipinski definition) is 0. The molecule has 0 spiro atoms. The molecule has 0 aliphatic carbocycles. The molecule has 0 atom stereocenters. The Balaban J connectivity index is 2.64. The molecule has 0 fully saturated rings. The lowest BCUT2D eigenvalue weighted by molar-refractivity contribution is -0.144. The van der Waals surface area contributed by atoms with Gasteiger partial charge < -0.3 is 9.47 Å². The van der Waals surface area contributed by atoms with Crippen molar-refractivity contribution in [2.45, 2.75) is 46.0 Å². The number of hydrogen-bond acceptors (Lipinski definition) is 5. The normalized spacial score (nSPS) is 9.96. The molecule has 0 aliphatic rings. The molecule has 0 saturated carbocycles. The number of nitrogens with zero attached hydrogens (tertiary/aromatic N) is 2. The SMILES string of the molecule is CCCCOc1ccc(N(CC#N)C(=O)CCC(=O)OCCC)cc1. The van der Waals surface area contributed by atoms with E-state index in [1.54, 1.807) is 24.3 Å². The average molecular weight is 346 g/mol. The summed E-state index contributed by atoms with van der Waals surface area (Å²) in [7, 11) is 0. The summed E-state index contributed by atoms with van der Waals surface area (Å²) in [6.45, 7) is 4.93. The third-order valence-corrected chi connectivity index (χ3v) is 3.46. The molecule has 6 heteroatoms. The highest BCUT2D eigenvalue weighted by Crippen LogP contribution is 2.20. The molecular formula is C19H26N2O4. The van der Waals surface area contributed by atoms with Crippen molar-refractivity contribution >= 4 is 17.6 Å². The van der Waals surface area contributed by atoms with E-state index in [1.807, 2.05) is 13.0 Å². The Morgan fingerprint density at radius 1 is 1.08 bits per heavy atom. The number of rotatable bonds is 11. The Labute approximate surface area is 149 Å². The van der Waals surface area contributed by atoms with Gasteiger partial charge in [0.2, 0.25) is 5.91 Å². The smallest absolute Gasteiger partial charge is 0.306 e. The van der Waals surface area contributed by atoms with Crippen molar-refractivity contribution in [1.29, 1.82) is 5.26 Å². The first-order chi connectivity index (χ1) is 12.1. The van der Waals surface area contributed by atoms with E-state index in [-0.39, 0.29) is 25.3 Å². The molecule has 0 aliphatic heterocycles. The van der Waals surface area contributed by atoms with E-state index in [1.165, 1.54) is 4.90 Å². The summed E-state index contributed by atoms with van der Waals surface area (Å²) in [5.74, 6) is 0.0473. The molecular weight excluding hydrogens is 320 g/mol. The van der Waals surface area contributed by atoms with E-state index in [9.17, 15) is 9.59 Å². The summed E-state index contributed by atoms with van der Waals surface area (Å²) in [6, 6.07) is 9.02. The van der Waals surface area contributed by atoms with Crippen molar-refractivity contribution in [3.8, 4) is 11.8 Å². The molecule has 136 valence electrons. The number of nitriles is 1. The van der Waals surface area contributed by atoms with Gasteiger partial charge >= 0.3 is 5.97 Å². The second-order valence-electron chi connectivity index (χ2n) is 5.55. The van der Waals surface area contributed by atoms with Gasteiger partial charge in [0.25, 0.3) is 0 Å². The van der Waals surface area contributed by atoms with Gasteiger partial charge in [-0.05, 0) is 37.1 Å². The lowest BCUT2D eigenvalue weighted by Gasteiger charge is -2.20. The van der Waals surface area contributed by atoms with Crippen molar-refractivity contribution in [3.63, 3.8) is 0 Å². The van der Waals surface area contributed by atoms with Crippen LogP contribution < -0.4 is 9.64 Å². The number of amides is 1. The zero-order chi connectivity index (χ0) is 18.5. The van der Waals surface area contributed by atoms with Gasteiger partial charge in [0, 0.05) is 12.1 Å². The fraction of sp³-hybridized carbons (Fsp3) is 0.526. The molecule has 0 N–H and O–H groups in total. The van der Waals surface area contributed by atoms with Crippen LogP contribution in [0.15, 0.2) is 24.3 Å². The second kappa shape index (κ2) is 11.9. The number of benzene rings is 1. The molecule has 1 aromatic rings. The molecule has 0 aromatic heterocycles. The van der Waals surface area contributed by atoms with E-state index in [0.717, 1.165) is 25.0 Å². The third kappa shape index (κ3) is 7.71. The summed E-state index contributed by atoms with van der Waals surface area (Å²) in [5, 5.41) is 8.98. The number of carbonyl (C=O) groups excluding carboxylic acids is 2. The van der Waals surface area contributed by atoms with Crippen LogP contribution in [0.3, 0.4) is 0 Å². The lowest BCUT2D eigenvalue weighted by atomic mass is 10.2. The number of esters is 1. The van der Waals surface area contributed by atoms with Crippen LogP contribution >= 0.6 is 0 Å². The maximum Gasteiger partial charge on any atom is 0.306 e. The number of unbranched alkanes of at least 4 members (excludes halogenated alkanes) is 1. The van der Waals surface area contributed by atoms with Crippen molar-refractivity contribution in [2.24, 2.45) is 0 Å². The number of anilines is 1. The minimum Gasteiger partial charge on any atom is -0.494 e. The standard InChI is InChI=1S/C19H26N2O4/c1-3-5-15-24-17-8-6-16(7-9-17)21(13-12-20)18(22)10-11-19(23)25-14-4-2/h6-9H,3-5,10-11,13-15H2,1-2H3. The highest BCUT2D eigenvalue weighted by atomic mass is 16.5. The van der Waals surface area contributed by atoms with E-state index >= 15 is 0 Å². The van der Waals surface area contributed by atoms with Crippen LogP contribution in [0, 0.1) is 11.3 Å². The molecule has 0 bridgehead atoms. The van der Waals surface area contributed by atoms with Gasteiger partial charge in [0.15, 0.2) is 0 Å². The zero-order valence-electron chi connectivity index (χ0n) is 15.0. The van der Waals surface area contributed by atoms with Gasteiger partial charge in [0.05, 0.1) is 25.7 Å². The van der Waals surface area contributed by atoms with Crippen LogP contribution in [0.4, 0.5) is 5.69 Å². The first-order valence-corrected chi connectivity index (χ1v) is 8.68. The average Bonchev–Trinajstić information content (AvgIpc) is 2.63. The Morgan fingerprint density at radius 2 is 1.80 bits per heavy atom. The topological polar surface area (TPSA) is 79.6 Å². The largest absolute Gasteiger partial charge is 0.494 e. The second-order valence-corrected chi connectivity index (χ2v) is 5.55. The summed E-state index contributed by atoms with van der Waals surface area (Å²) < 4.78 is 10.5. The van der Waals surface area contributed by atoms with Crippen LogP contribution in [0.25, 0.3) is 0 Å². The Morgan fingerprint density at radius 3 is 2.40 bits per heavy atom. The summed E-state index contributed by atoms with van der Waals surface area (Å²) in [6.07, 6.45) is 2.81. The molecule has 6 nitrogen and oxygen atoms in total. The third-order valence-electron chi connectivity index (χ3n) is 3.46. The molecule has 0 unspecified atom stereocenters. The first-order valence-electron chi connectivity index (χ1n) is 8.68. The quantitative estimate of drug-likeness (QED) is 0.348. The van der Waals surface area contributed by atoms with Crippen LogP contribution in [0.5, 0.6) is 5.75 Å². The Bertz CT molecular complexity index is 578. The fourth-order valence-corrected chi connectivity index (χ4v) is 2.08. The Hall–Kier alpha value is -2.55. The van der Waals surface area contributed by atoms with E-state index in [2.05, 4.69) is 6.92 Å². The van der Waals surface area contributed by atoms with E-state index in [4.69, 9.17) is 14.7 Å². The van der Waals surface area contributed by atoms with Gasteiger partial charge in [-0.25, -0.2) is 0 Å². The molecule has 0 saturated heterocycles. The number of carbonyl (C=O) groups is 2. The molecule has 0 radical (unpaired) electrons. The highest BCUT2D eigenvalue weighted by molar-refractivity contribution is 5.95. The molecule has 1 aromatic carbocycles. The monoisotopic (exact) mass is 346 g/mol. The molecule has 25 heavy (non-hydrogen) atoms. The molecule has 0 heterocycles. The van der Waals surface area contributed by atoms with Gasteiger partial charge in [-0.1, -0.05) is 20.3 Å². The van der Waals surface area contributed by atoms with Crippen molar-refractivity contribution < 1.29 is 19.1 Å². The summed E-state index contributed by atoms with van der Waals surface area (Å²) in [5.41, 5.74) is 0.608. The van der Waals surface area contributed by atoms with Gasteiger partial charge in [-0.15, -0.1) is 0 Å². The van der Waals surface area contributed by atoms with Crippen LogP contribution in [-0.4, -0.2) is 31.6 Å². The number of ether oxygens (including phenoxy) is 2. The Kier molecular flexibility index (Phi) is 9.76. The minimum absolute atomic E-state index is 0.0129. The zero-order valence-corrected chi connectivity index (χ0v) is 15.0. The van der Waals surface area contributed by atoms with Gasteiger partial charge in [-0.3, -0.25) is 14.5 Å². The van der Waals surface area contributed by atoms with E-state index in [0.29, 0.717) is 18.9 Å².